The van der Waals surface area contributed by atoms with Gasteiger partial charge in [0.15, 0.2) is 0 Å². The third-order valence-electron chi connectivity index (χ3n) is 4.76. The molecule has 0 spiro atoms. The second kappa shape index (κ2) is 8.04. The first-order chi connectivity index (χ1) is 10.8. The van der Waals surface area contributed by atoms with E-state index in [1.54, 1.807) is 0 Å². The Balaban J connectivity index is 2.44. The van der Waals surface area contributed by atoms with E-state index >= 15 is 0 Å². The number of nitrogens with one attached hydrogen (secondary N) is 1. The van der Waals surface area contributed by atoms with Crippen LogP contribution in [0.15, 0.2) is 30.3 Å². The van der Waals surface area contributed by atoms with Gasteiger partial charge in [-0.15, -0.1) is 18.3 Å². The predicted molar refractivity (Wildman–Crippen MR) is 93.5 cm³/mol. The Morgan fingerprint density at radius 2 is 1.95 bits per heavy atom. The van der Waals surface area contributed by atoms with Gasteiger partial charge in [-0.3, -0.25) is 4.90 Å². The van der Waals surface area contributed by atoms with Crippen LogP contribution >= 0.6 is 0 Å². The van der Waals surface area contributed by atoms with Crippen molar-refractivity contribution >= 4 is 0 Å². The summed E-state index contributed by atoms with van der Waals surface area (Å²) in [5.74, 6) is 9.47. The number of hydrogen-bond acceptors (Lipinski definition) is 2. The number of nitrogens with zero attached hydrogens (tertiary/aromatic N) is 1. The molecule has 1 fully saturated rings. The molecule has 0 amide bonds. The third-order valence-corrected chi connectivity index (χ3v) is 4.76. The summed E-state index contributed by atoms with van der Waals surface area (Å²) in [7, 11) is 0. The summed E-state index contributed by atoms with van der Waals surface area (Å²) in [5, 5.41) is 3.41. The summed E-state index contributed by atoms with van der Waals surface area (Å²) in [5.41, 5.74) is 1.21. The Morgan fingerprint density at radius 1 is 1.27 bits per heavy atom. The molecule has 2 atom stereocenters. The van der Waals surface area contributed by atoms with Gasteiger partial charge in [0.05, 0.1) is 6.04 Å². The highest BCUT2D eigenvalue weighted by Crippen LogP contribution is 2.37. The molecule has 1 saturated heterocycles. The van der Waals surface area contributed by atoms with Crippen LogP contribution in [0, 0.1) is 24.2 Å². The van der Waals surface area contributed by atoms with Crippen LogP contribution in [-0.2, 0) is 5.41 Å². The van der Waals surface area contributed by atoms with Crippen LogP contribution < -0.4 is 5.32 Å². The molecule has 22 heavy (non-hydrogen) atoms. The van der Waals surface area contributed by atoms with E-state index in [-0.39, 0.29) is 11.5 Å². The van der Waals surface area contributed by atoms with E-state index in [0.29, 0.717) is 0 Å². The fraction of sp³-hybridized carbons (Fsp3) is 0.500. The quantitative estimate of drug-likeness (QED) is 0.840. The van der Waals surface area contributed by atoms with Crippen molar-refractivity contribution in [1.29, 1.82) is 0 Å². The lowest BCUT2D eigenvalue weighted by Crippen LogP contribution is -2.55. The molecule has 0 aromatic heterocycles. The maximum Gasteiger partial charge on any atom is 0.0819 e. The average molecular weight is 294 g/mol. The maximum atomic E-state index is 6.01. The SMILES string of the molecule is C#CC(N1CCNCC1)C(CC)(CC#CC)c1ccccc1. The zero-order chi connectivity index (χ0) is 15.8. The number of rotatable bonds is 5. The van der Waals surface area contributed by atoms with Gasteiger partial charge in [0, 0.05) is 38.0 Å². The smallest absolute Gasteiger partial charge is 0.0819 e. The van der Waals surface area contributed by atoms with E-state index in [2.05, 4.69) is 65.2 Å². The molecule has 0 bridgehead atoms. The van der Waals surface area contributed by atoms with Crippen molar-refractivity contribution in [3.05, 3.63) is 35.9 Å². The van der Waals surface area contributed by atoms with Crippen LogP contribution in [0.2, 0.25) is 0 Å². The lowest BCUT2D eigenvalue weighted by molar-refractivity contribution is 0.137. The Bertz CT molecular complexity index is 555. The summed E-state index contributed by atoms with van der Waals surface area (Å²) in [6, 6.07) is 10.8. The average Bonchev–Trinajstić information content (AvgIpc) is 2.60. The van der Waals surface area contributed by atoms with Gasteiger partial charge >= 0.3 is 0 Å². The van der Waals surface area contributed by atoms with Gasteiger partial charge in [0.1, 0.15) is 0 Å². The van der Waals surface area contributed by atoms with Crippen molar-refractivity contribution in [3.8, 4) is 24.2 Å². The Hall–Kier alpha value is -1.74. The molecule has 2 rings (SSSR count). The molecule has 0 aliphatic carbocycles. The molecule has 2 nitrogen and oxygen atoms in total. The Labute approximate surface area is 135 Å². The fourth-order valence-corrected chi connectivity index (χ4v) is 3.45. The molecular weight excluding hydrogens is 268 g/mol. The Morgan fingerprint density at radius 3 is 2.50 bits per heavy atom. The zero-order valence-electron chi connectivity index (χ0n) is 13.7. The van der Waals surface area contributed by atoms with Crippen molar-refractivity contribution in [2.24, 2.45) is 0 Å². The number of benzene rings is 1. The van der Waals surface area contributed by atoms with Crippen LogP contribution in [0.25, 0.3) is 0 Å². The third kappa shape index (κ3) is 3.36. The van der Waals surface area contributed by atoms with Gasteiger partial charge in [-0.1, -0.05) is 43.2 Å². The van der Waals surface area contributed by atoms with Crippen molar-refractivity contribution in [2.75, 3.05) is 26.2 Å². The van der Waals surface area contributed by atoms with E-state index in [9.17, 15) is 0 Å². The monoisotopic (exact) mass is 294 g/mol. The van der Waals surface area contributed by atoms with E-state index in [1.165, 1.54) is 5.56 Å². The van der Waals surface area contributed by atoms with Crippen LogP contribution in [-0.4, -0.2) is 37.1 Å². The van der Waals surface area contributed by atoms with Crippen LogP contribution in [0.1, 0.15) is 32.3 Å². The first-order valence-electron chi connectivity index (χ1n) is 8.14. The maximum absolute atomic E-state index is 6.01. The summed E-state index contributed by atoms with van der Waals surface area (Å²) in [6.45, 7) is 8.16. The van der Waals surface area contributed by atoms with Gasteiger partial charge < -0.3 is 5.32 Å². The summed E-state index contributed by atoms with van der Waals surface area (Å²) >= 11 is 0. The van der Waals surface area contributed by atoms with E-state index in [1.807, 2.05) is 6.92 Å². The lowest BCUT2D eigenvalue weighted by Gasteiger charge is -2.44. The molecule has 1 aliphatic heterocycles. The molecule has 2 unspecified atom stereocenters. The molecule has 0 radical (unpaired) electrons. The zero-order valence-corrected chi connectivity index (χ0v) is 13.7. The number of hydrogen-bond donors (Lipinski definition) is 1. The van der Waals surface area contributed by atoms with E-state index in [0.717, 1.165) is 39.0 Å². The topological polar surface area (TPSA) is 15.3 Å². The standard InChI is InChI=1S/C20H26N2/c1-4-7-13-20(6-3,18-11-9-8-10-12-18)19(5-2)22-16-14-21-15-17-22/h2,8-12,19,21H,6,13-17H2,1,3H3. The van der Waals surface area contributed by atoms with E-state index in [4.69, 9.17) is 6.42 Å². The van der Waals surface area contributed by atoms with Gasteiger partial charge in [-0.2, -0.15) is 0 Å². The molecule has 0 saturated carbocycles. The minimum absolute atomic E-state index is 0.0860. The summed E-state index contributed by atoms with van der Waals surface area (Å²) in [6.07, 6.45) is 7.81. The van der Waals surface area contributed by atoms with Gasteiger partial charge in [0.25, 0.3) is 0 Å². The van der Waals surface area contributed by atoms with E-state index < -0.39 is 0 Å². The van der Waals surface area contributed by atoms with Gasteiger partial charge in [0.2, 0.25) is 0 Å². The first-order valence-corrected chi connectivity index (χ1v) is 8.14. The minimum atomic E-state index is -0.101. The largest absolute Gasteiger partial charge is 0.314 e. The molecule has 116 valence electrons. The molecule has 1 aliphatic rings. The number of terminal acetylenes is 1. The predicted octanol–water partition coefficient (Wildman–Crippen LogP) is 2.65. The second-order valence-corrected chi connectivity index (χ2v) is 5.83. The van der Waals surface area contributed by atoms with Gasteiger partial charge in [-0.25, -0.2) is 0 Å². The normalized spacial score (nSPS) is 19.3. The van der Waals surface area contributed by atoms with Crippen molar-refractivity contribution < 1.29 is 0 Å². The van der Waals surface area contributed by atoms with Crippen LogP contribution in [0.5, 0.6) is 0 Å². The highest BCUT2D eigenvalue weighted by molar-refractivity contribution is 5.34. The molecule has 1 heterocycles. The van der Waals surface area contributed by atoms with Crippen LogP contribution in [0.4, 0.5) is 0 Å². The fourth-order valence-electron chi connectivity index (χ4n) is 3.45. The highest BCUT2D eigenvalue weighted by atomic mass is 15.2. The molecule has 1 aromatic rings. The van der Waals surface area contributed by atoms with Crippen molar-refractivity contribution in [1.82, 2.24) is 10.2 Å². The Kier molecular flexibility index (Phi) is 6.08. The summed E-state index contributed by atoms with van der Waals surface area (Å²) < 4.78 is 0. The van der Waals surface area contributed by atoms with Crippen molar-refractivity contribution in [3.63, 3.8) is 0 Å². The number of piperazine rings is 1. The summed E-state index contributed by atoms with van der Waals surface area (Å²) in [4.78, 5) is 2.45. The molecule has 1 aromatic carbocycles. The minimum Gasteiger partial charge on any atom is -0.314 e. The second-order valence-electron chi connectivity index (χ2n) is 5.83. The first kappa shape index (κ1) is 16.6. The van der Waals surface area contributed by atoms with Crippen LogP contribution in [0.3, 0.4) is 0 Å². The molecular formula is C20H26N2. The lowest BCUT2D eigenvalue weighted by atomic mass is 9.69. The van der Waals surface area contributed by atoms with Crippen molar-refractivity contribution in [2.45, 2.75) is 38.1 Å². The highest BCUT2D eigenvalue weighted by Gasteiger charge is 2.41. The van der Waals surface area contributed by atoms with Gasteiger partial charge in [-0.05, 0) is 18.9 Å². The molecule has 2 heteroatoms. The molecule has 1 N–H and O–H groups in total.